The lowest BCUT2D eigenvalue weighted by Gasteiger charge is -2.27. The number of H-pyrrole nitrogens is 2. The van der Waals surface area contributed by atoms with E-state index < -0.39 is 0 Å². The van der Waals surface area contributed by atoms with E-state index in [-0.39, 0.29) is 5.56 Å². The predicted octanol–water partition coefficient (Wildman–Crippen LogP) is 3.83. The van der Waals surface area contributed by atoms with Crippen LogP contribution in [0.3, 0.4) is 0 Å². The molecule has 0 saturated heterocycles. The van der Waals surface area contributed by atoms with Crippen LogP contribution >= 0.6 is 15.9 Å². The highest BCUT2D eigenvalue weighted by Crippen LogP contribution is 2.29. The monoisotopic (exact) mass is 424 g/mol. The van der Waals surface area contributed by atoms with Crippen molar-refractivity contribution in [3.05, 3.63) is 74.4 Å². The molecule has 4 aromatic rings. The van der Waals surface area contributed by atoms with Gasteiger partial charge < -0.3 is 14.4 Å². The van der Waals surface area contributed by atoms with E-state index in [9.17, 15) is 4.79 Å². The highest BCUT2D eigenvalue weighted by atomic mass is 79.9. The van der Waals surface area contributed by atoms with Gasteiger partial charge in [0.1, 0.15) is 0 Å². The molecule has 4 heterocycles. The molecular formula is C20H17BrN4O2. The molecule has 0 fully saturated rings. The van der Waals surface area contributed by atoms with Gasteiger partial charge in [-0.1, -0.05) is 22.0 Å². The van der Waals surface area contributed by atoms with Gasteiger partial charge in [0.15, 0.2) is 11.6 Å². The van der Waals surface area contributed by atoms with Crippen LogP contribution in [0.25, 0.3) is 22.5 Å². The van der Waals surface area contributed by atoms with Crippen LogP contribution < -0.4 is 5.56 Å². The van der Waals surface area contributed by atoms with Crippen LogP contribution in [0.15, 0.2) is 56.5 Å². The van der Waals surface area contributed by atoms with Gasteiger partial charge in [-0.05, 0) is 29.8 Å². The van der Waals surface area contributed by atoms with Crippen LogP contribution in [0.2, 0.25) is 0 Å². The quantitative estimate of drug-likeness (QED) is 0.523. The first kappa shape index (κ1) is 16.5. The van der Waals surface area contributed by atoms with Crippen LogP contribution in [-0.2, 0) is 19.5 Å². The van der Waals surface area contributed by atoms with Crippen LogP contribution in [0.1, 0.15) is 16.8 Å². The summed E-state index contributed by atoms with van der Waals surface area (Å²) in [4.78, 5) is 25.7. The van der Waals surface area contributed by atoms with Gasteiger partial charge in [0.25, 0.3) is 5.56 Å². The molecule has 136 valence electrons. The molecule has 6 nitrogen and oxygen atoms in total. The Hall–Kier alpha value is -2.64. The molecule has 0 bridgehead atoms. The highest BCUT2D eigenvalue weighted by molar-refractivity contribution is 9.10. The number of aromatic amines is 2. The lowest BCUT2D eigenvalue weighted by atomic mass is 10.1. The number of rotatable bonds is 3. The minimum atomic E-state index is -0.0868. The fourth-order valence-corrected chi connectivity index (χ4v) is 4.34. The number of halogens is 1. The van der Waals surface area contributed by atoms with Crippen LogP contribution in [-0.4, -0.2) is 26.4 Å². The molecule has 0 amide bonds. The maximum Gasteiger partial charge on any atom is 0.256 e. The van der Waals surface area contributed by atoms with Gasteiger partial charge in [0.05, 0.1) is 17.5 Å². The molecule has 5 rings (SSSR count). The van der Waals surface area contributed by atoms with Crippen LogP contribution in [0.4, 0.5) is 0 Å². The van der Waals surface area contributed by atoms with Crippen molar-refractivity contribution >= 4 is 26.8 Å². The normalized spacial score (nSPS) is 14.6. The van der Waals surface area contributed by atoms with Gasteiger partial charge in [0.2, 0.25) is 0 Å². The lowest BCUT2D eigenvalue weighted by molar-refractivity contribution is 0.242. The molecule has 0 spiro atoms. The summed E-state index contributed by atoms with van der Waals surface area (Å²) in [6.07, 6.45) is 4.37. The summed E-state index contributed by atoms with van der Waals surface area (Å²) in [6.45, 7) is 2.23. The van der Waals surface area contributed by atoms with Crippen molar-refractivity contribution in [2.24, 2.45) is 0 Å². The standard InChI is InChI=1S/C20H17BrN4O2/c21-14-3-1-4-16-18(14)12(9-22-16)10-25-7-6-15-13(11-25)20(26)24-19(23-15)17-5-2-8-27-17/h1-5,8-9,22H,6-7,10-11H2,(H,23,24,26). The highest BCUT2D eigenvalue weighted by Gasteiger charge is 2.23. The van der Waals surface area contributed by atoms with E-state index in [2.05, 4.69) is 47.9 Å². The number of nitrogens with zero attached hydrogens (tertiary/aromatic N) is 2. The fraction of sp³-hybridized carbons (Fsp3) is 0.200. The van der Waals surface area contributed by atoms with Gasteiger partial charge >= 0.3 is 0 Å². The van der Waals surface area contributed by atoms with E-state index >= 15 is 0 Å². The second-order valence-electron chi connectivity index (χ2n) is 6.75. The van der Waals surface area contributed by atoms with Crippen LogP contribution in [0, 0.1) is 0 Å². The molecular weight excluding hydrogens is 408 g/mol. The molecule has 1 aliphatic heterocycles. The Morgan fingerprint density at radius 3 is 3.04 bits per heavy atom. The average molecular weight is 425 g/mol. The molecule has 0 radical (unpaired) electrons. The molecule has 1 aromatic carbocycles. The maximum atomic E-state index is 12.6. The Balaban J connectivity index is 1.43. The van der Waals surface area contributed by atoms with Gasteiger partial charge in [-0.25, -0.2) is 4.98 Å². The number of nitrogens with one attached hydrogen (secondary N) is 2. The molecule has 0 aliphatic carbocycles. The largest absolute Gasteiger partial charge is 0.461 e. The summed E-state index contributed by atoms with van der Waals surface area (Å²) < 4.78 is 6.44. The first-order valence-electron chi connectivity index (χ1n) is 8.82. The second kappa shape index (κ2) is 6.51. The SMILES string of the molecule is O=c1[nH]c(-c2ccco2)nc2c1CN(Cc1c[nH]c3cccc(Br)c13)CC2. The van der Waals surface area contributed by atoms with Crippen molar-refractivity contribution in [2.75, 3.05) is 6.54 Å². The van der Waals surface area contributed by atoms with E-state index in [0.29, 0.717) is 18.1 Å². The van der Waals surface area contributed by atoms with Crippen molar-refractivity contribution in [3.63, 3.8) is 0 Å². The third-order valence-electron chi connectivity index (χ3n) is 5.03. The number of aromatic nitrogens is 3. The number of benzene rings is 1. The van der Waals surface area contributed by atoms with Crippen molar-refractivity contribution < 1.29 is 4.42 Å². The van der Waals surface area contributed by atoms with E-state index in [4.69, 9.17) is 4.42 Å². The number of furan rings is 1. The second-order valence-corrected chi connectivity index (χ2v) is 7.61. The zero-order valence-electron chi connectivity index (χ0n) is 14.5. The number of hydrogen-bond donors (Lipinski definition) is 2. The zero-order valence-corrected chi connectivity index (χ0v) is 16.0. The van der Waals surface area contributed by atoms with Crippen molar-refractivity contribution in [3.8, 4) is 11.6 Å². The van der Waals surface area contributed by atoms with Crippen molar-refractivity contribution in [1.29, 1.82) is 0 Å². The fourth-order valence-electron chi connectivity index (χ4n) is 3.72. The molecule has 2 N–H and O–H groups in total. The van der Waals surface area contributed by atoms with E-state index in [1.54, 1.807) is 18.4 Å². The lowest BCUT2D eigenvalue weighted by Crippen LogP contribution is -2.35. The average Bonchev–Trinajstić information content (AvgIpc) is 3.33. The van der Waals surface area contributed by atoms with Crippen molar-refractivity contribution in [2.45, 2.75) is 19.5 Å². The van der Waals surface area contributed by atoms with Gasteiger partial charge in [0, 0.05) is 47.6 Å². The summed E-state index contributed by atoms with van der Waals surface area (Å²) >= 11 is 3.64. The summed E-state index contributed by atoms with van der Waals surface area (Å²) in [5.41, 5.74) is 3.85. The Kier molecular flexibility index (Phi) is 3.98. The van der Waals surface area contributed by atoms with Gasteiger partial charge in [-0.3, -0.25) is 9.69 Å². The predicted molar refractivity (Wildman–Crippen MR) is 106 cm³/mol. The number of fused-ring (bicyclic) bond motifs is 2. The minimum Gasteiger partial charge on any atom is -0.461 e. The zero-order chi connectivity index (χ0) is 18.4. The van der Waals surface area contributed by atoms with Gasteiger partial charge in [-0.2, -0.15) is 0 Å². The Morgan fingerprint density at radius 1 is 1.26 bits per heavy atom. The summed E-state index contributed by atoms with van der Waals surface area (Å²) in [5, 5.41) is 1.20. The Morgan fingerprint density at radius 2 is 2.19 bits per heavy atom. The van der Waals surface area contributed by atoms with E-state index in [1.165, 1.54) is 10.9 Å². The first-order chi connectivity index (χ1) is 13.2. The topological polar surface area (TPSA) is 77.9 Å². The summed E-state index contributed by atoms with van der Waals surface area (Å²) in [5.74, 6) is 1.08. The third kappa shape index (κ3) is 2.93. The summed E-state index contributed by atoms with van der Waals surface area (Å²) in [7, 11) is 0. The molecule has 3 aromatic heterocycles. The molecule has 7 heteroatoms. The number of hydrogen-bond acceptors (Lipinski definition) is 4. The molecule has 0 atom stereocenters. The molecule has 1 aliphatic rings. The van der Waals surface area contributed by atoms with E-state index in [1.807, 2.05) is 12.3 Å². The first-order valence-corrected chi connectivity index (χ1v) is 9.61. The molecule has 0 unspecified atom stereocenters. The van der Waals surface area contributed by atoms with Crippen LogP contribution in [0.5, 0.6) is 0 Å². The Labute approximate surface area is 163 Å². The van der Waals surface area contributed by atoms with Crippen molar-refractivity contribution in [1.82, 2.24) is 19.9 Å². The summed E-state index contributed by atoms with van der Waals surface area (Å²) in [6, 6.07) is 9.73. The third-order valence-corrected chi connectivity index (χ3v) is 5.69. The van der Waals surface area contributed by atoms with Gasteiger partial charge in [-0.15, -0.1) is 0 Å². The molecule has 0 saturated carbocycles. The minimum absolute atomic E-state index is 0.0868. The smallest absolute Gasteiger partial charge is 0.256 e. The maximum absolute atomic E-state index is 12.6. The molecule has 27 heavy (non-hydrogen) atoms. The van der Waals surface area contributed by atoms with E-state index in [0.717, 1.165) is 40.8 Å². The Bertz CT molecular complexity index is 1180.